The molecule has 0 radical (unpaired) electrons. The monoisotopic (exact) mass is 245 g/mol. The van der Waals surface area contributed by atoms with Crippen LogP contribution in [0.15, 0.2) is 12.1 Å². The third kappa shape index (κ3) is 3.05. The second-order valence-corrected chi connectivity index (χ2v) is 3.40. The van der Waals surface area contributed by atoms with E-state index in [9.17, 15) is 13.6 Å². The average Bonchev–Trinajstić information content (AvgIpc) is 2.32. The Morgan fingerprint density at radius 1 is 1.29 bits per heavy atom. The lowest BCUT2D eigenvalue weighted by Crippen LogP contribution is -2.26. The molecule has 0 atom stereocenters. The molecule has 0 saturated heterocycles. The first-order valence-electron chi connectivity index (χ1n) is 4.80. The highest BCUT2D eigenvalue weighted by Gasteiger charge is 2.15. The number of benzene rings is 1. The number of amides is 1. The van der Waals surface area contributed by atoms with Crippen molar-refractivity contribution in [2.75, 3.05) is 21.3 Å². The zero-order valence-electron chi connectivity index (χ0n) is 9.79. The Morgan fingerprint density at radius 2 is 1.94 bits per heavy atom. The molecule has 0 aliphatic carbocycles. The van der Waals surface area contributed by atoms with Gasteiger partial charge in [-0.3, -0.25) is 0 Å². The molecule has 0 aliphatic rings. The van der Waals surface area contributed by atoms with Crippen LogP contribution >= 0.6 is 0 Å². The van der Waals surface area contributed by atoms with Gasteiger partial charge in [0, 0.05) is 18.7 Å². The number of ether oxygens (including phenoxy) is 2. The van der Waals surface area contributed by atoms with Crippen molar-refractivity contribution in [2.45, 2.75) is 6.54 Å². The van der Waals surface area contributed by atoms with Crippen LogP contribution in [-0.2, 0) is 11.3 Å². The SMILES string of the molecule is COC(=O)N(C)Cc1cc(F)c(OC)cc1F. The topological polar surface area (TPSA) is 38.8 Å². The van der Waals surface area contributed by atoms with Gasteiger partial charge in [0.05, 0.1) is 20.8 Å². The number of methoxy groups -OCH3 is 2. The van der Waals surface area contributed by atoms with Crippen LogP contribution in [0.2, 0.25) is 0 Å². The highest BCUT2D eigenvalue weighted by atomic mass is 19.1. The number of carbonyl (C=O) groups excluding carboxylic acids is 1. The molecule has 0 saturated carbocycles. The Bertz CT molecular complexity index is 423. The summed E-state index contributed by atoms with van der Waals surface area (Å²) < 4.78 is 35.9. The quantitative estimate of drug-likeness (QED) is 0.819. The normalized spacial score (nSPS) is 9.94. The van der Waals surface area contributed by atoms with Crippen molar-refractivity contribution >= 4 is 6.09 Å². The van der Waals surface area contributed by atoms with Gasteiger partial charge in [-0.05, 0) is 6.07 Å². The molecule has 0 unspecified atom stereocenters. The van der Waals surface area contributed by atoms with E-state index in [-0.39, 0.29) is 17.9 Å². The summed E-state index contributed by atoms with van der Waals surface area (Å²) >= 11 is 0. The number of halogens is 2. The lowest BCUT2D eigenvalue weighted by molar-refractivity contribution is 0.131. The molecule has 94 valence electrons. The Morgan fingerprint density at radius 3 is 2.47 bits per heavy atom. The fourth-order valence-electron chi connectivity index (χ4n) is 1.32. The first kappa shape index (κ1) is 13.2. The highest BCUT2D eigenvalue weighted by molar-refractivity contribution is 5.67. The van der Waals surface area contributed by atoms with Crippen LogP contribution in [-0.4, -0.2) is 32.3 Å². The molecular weight excluding hydrogens is 232 g/mol. The molecule has 4 nitrogen and oxygen atoms in total. The fourth-order valence-corrected chi connectivity index (χ4v) is 1.32. The lowest BCUT2D eigenvalue weighted by Gasteiger charge is -2.16. The van der Waals surface area contributed by atoms with Gasteiger partial charge in [0.2, 0.25) is 0 Å². The van der Waals surface area contributed by atoms with E-state index in [1.807, 2.05) is 0 Å². The minimum Gasteiger partial charge on any atom is -0.494 e. The maximum Gasteiger partial charge on any atom is 0.409 e. The second kappa shape index (κ2) is 5.47. The largest absolute Gasteiger partial charge is 0.494 e. The maximum absolute atomic E-state index is 13.5. The zero-order valence-corrected chi connectivity index (χ0v) is 9.79. The molecule has 1 rings (SSSR count). The first-order chi connectivity index (χ1) is 7.99. The molecule has 0 aromatic heterocycles. The van der Waals surface area contributed by atoms with E-state index in [0.717, 1.165) is 17.0 Å². The van der Waals surface area contributed by atoms with Gasteiger partial charge < -0.3 is 14.4 Å². The van der Waals surface area contributed by atoms with Gasteiger partial charge in [0.15, 0.2) is 11.6 Å². The van der Waals surface area contributed by atoms with Crippen molar-refractivity contribution in [1.29, 1.82) is 0 Å². The molecule has 0 heterocycles. The Labute approximate surface area is 97.7 Å². The minimum atomic E-state index is -0.679. The highest BCUT2D eigenvalue weighted by Crippen LogP contribution is 2.22. The molecule has 6 heteroatoms. The number of carbonyl (C=O) groups is 1. The molecule has 1 amide bonds. The van der Waals surface area contributed by atoms with E-state index < -0.39 is 17.7 Å². The molecule has 0 fully saturated rings. The molecule has 0 spiro atoms. The van der Waals surface area contributed by atoms with Crippen molar-refractivity contribution in [2.24, 2.45) is 0 Å². The third-order valence-electron chi connectivity index (χ3n) is 2.21. The average molecular weight is 245 g/mol. The minimum absolute atomic E-state index is 0.0520. The number of rotatable bonds is 3. The summed E-state index contributed by atoms with van der Waals surface area (Å²) in [5, 5.41) is 0. The van der Waals surface area contributed by atoms with Gasteiger partial charge in [-0.2, -0.15) is 0 Å². The molecule has 0 aliphatic heterocycles. The Balaban J connectivity index is 2.92. The van der Waals surface area contributed by atoms with Gasteiger partial charge >= 0.3 is 6.09 Å². The van der Waals surface area contributed by atoms with Crippen molar-refractivity contribution in [3.63, 3.8) is 0 Å². The van der Waals surface area contributed by atoms with Gasteiger partial charge in [0.1, 0.15) is 5.82 Å². The number of hydrogen-bond donors (Lipinski definition) is 0. The van der Waals surface area contributed by atoms with E-state index in [4.69, 9.17) is 0 Å². The van der Waals surface area contributed by atoms with Crippen LogP contribution in [0, 0.1) is 11.6 Å². The summed E-state index contributed by atoms with van der Waals surface area (Å²) in [6, 6.07) is 1.93. The Kier molecular flexibility index (Phi) is 4.25. The lowest BCUT2D eigenvalue weighted by atomic mass is 10.2. The van der Waals surface area contributed by atoms with Gasteiger partial charge in [-0.1, -0.05) is 0 Å². The van der Waals surface area contributed by atoms with Crippen LogP contribution in [0.5, 0.6) is 5.75 Å². The van der Waals surface area contributed by atoms with E-state index in [1.54, 1.807) is 0 Å². The predicted octanol–water partition coefficient (Wildman–Crippen LogP) is 2.17. The number of hydrogen-bond acceptors (Lipinski definition) is 3. The maximum atomic E-state index is 13.5. The van der Waals surface area contributed by atoms with Crippen LogP contribution in [0.4, 0.5) is 13.6 Å². The molecule has 17 heavy (non-hydrogen) atoms. The molecule has 1 aromatic rings. The van der Waals surface area contributed by atoms with E-state index in [0.29, 0.717) is 0 Å². The zero-order chi connectivity index (χ0) is 13.0. The van der Waals surface area contributed by atoms with Crippen LogP contribution in [0.1, 0.15) is 5.56 Å². The van der Waals surface area contributed by atoms with Crippen LogP contribution in [0.3, 0.4) is 0 Å². The van der Waals surface area contributed by atoms with E-state index in [1.165, 1.54) is 21.3 Å². The summed E-state index contributed by atoms with van der Waals surface area (Å²) in [5.41, 5.74) is 0.0520. The summed E-state index contributed by atoms with van der Waals surface area (Å²) in [6.45, 7) is -0.0839. The summed E-state index contributed by atoms with van der Waals surface area (Å²) in [4.78, 5) is 12.2. The first-order valence-corrected chi connectivity index (χ1v) is 4.80. The van der Waals surface area contributed by atoms with Crippen LogP contribution in [0.25, 0.3) is 0 Å². The van der Waals surface area contributed by atoms with Crippen molar-refractivity contribution in [3.8, 4) is 5.75 Å². The Hall–Kier alpha value is -1.85. The molecule has 1 aromatic carbocycles. The smallest absolute Gasteiger partial charge is 0.409 e. The van der Waals surface area contributed by atoms with Crippen molar-refractivity contribution in [3.05, 3.63) is 29.3 Å². The fraction of sp³-hybridized carbons (Fsp3) is 0.364. The van der Waals surface area contributed by atoms with Gasteiger partial charge in [-0.25, -0.2) is 13.6 Å². The number of nitrogens with zero attached hydrogens (tertiary/aromatic N) is 1. The molecule has 0 N–H and O–H groups in total. The molecule has 0 bridgehead atoms. The van der Waals surface area contributed by atoms with E-state index >= 15 is 0 Å². The third-order valence-corrected chi connectivity index (χ3v) is 2.21. The van der Waals surface area contributed by atoms with Crippen LogP contribution < -0.4 is 4.74 Å². The van der Waals surface area contributed by atoms with Crippen molar-refractivity contribution < 1.29 is 23.0 Å². The predicted molar refractivity (Wildman–Crippen MR) is 56.8 cm³/mol. The standard InChI is InChI=1S/C11H13F2NO3/c1-14(11(15)17-3)6-7-4-9(13)10(16-2)5-8(7)12/h4-5H,6H2,1-3H3. The molecular formula is C11H13F2NO3. The summed E-state index contributed by atoms with van der Waals surface area (Å²) in [6.07, 6.45) is -0.624. The summed E-state index contributed by atoms with van der Waals surface area (Å²) in [7, 11) is 3.88. The van der Waals surface area contributed by atoms with Crippen molar-refractivity contribution in [1.82, 2.24) is 4.90 Å². The summed E-state index contributed by atoms with van der Waals surface area (Å²) in [5.74, 6) is -1.49. The van der Waals surface area contributed by atoms with E-state index in [2.05, 4.69) is 9.47 Å². The van der Waals surface area contributed by atoms with Gasteiger partial charge in [0.25, 0.3) is 0 Å². The van der Waals surface area contributed by atoms with Gasteiger partial charge in [-0.15, -0.1) is 0 Å². The second-order valence-electron chi connectivity index (χ2n) is 3.40.